The molecule has 2 unspecified atom stereocenters. The van der Waals surface area contributed by atoms with Gasteiger partial charge < -0.3 is 10.2 Å². The van der Waals surface area contributed by atoms with Crippen LogP contribution in [0.1, 0.15) is 38.8 Å². The van der Waals surface area contributed by atoms with Crippen LogP contribution in [0.15, 0.2) is 12.1 Å². The van der Waals surface area contributed by atoms with Gasteiger partial charge >= 0.3 is 0 Å². The third kappa shape index (κ3) is 2.34. The second-order valence-electron chi connectivity index (χ2n) is 5.90. The summed E-state index contributed by atoms with van der Waals surface area (Å²) in [6.45, 7) is 6.27. The van der Waals surface area contributed by atoms with Gasteiger partial charge in [-0.25, -0.2) is 0 Å². The van der Waals surface area contributed by atoms with Gasteiger partial charge in [0.25, 0.3) is 0 Å². The van der Waals surface area contributed by atoms with Gasteiger partial charge in [-0.1, -0.05) is 13.8 Å². The zero-order valence-electron chi connectivity index (χ0n) is 11.3. The van der Waals surface area contributed by atoms with E-state index in [-0.39, 0.29) is 0 Å². The van der Waals surface area contributed by atoms with Crippen molar-refractivity contribution in [3.8, 4) is 0 Å². The van der Waals surface area contributed by atoms with Crippen molar-refractivity contribution in [1.82, 2.24) is 15.5 Å². The fourth-order valence-electron chi connectivity index (χ4n) is 3.11. The van der Waals surface area contributed by atoms with E-state index in [2.05, 4.69) is 46.4 Å². The molecule has 2 fully saturated rings. The quantitative estimate of drug-likeness (QED) is 0.882. The second-order valence-corrected chi connectivity index (χ2v) is 5.90. The molecule has 2 heterocycles. The first-order valence-electron chi connectivity index (χ1n) is 7.05. The molecular formula is C14H22N4. The number of piperidine rings is 1. The highest BCUT2D eigenvalue weighted by Gasteiger charge is 2.38. The number of rotatable bonds is 4. The van der Waals surface area contributed by atoms with E-state index in [1.54, 1.807) is 0 Å². The third-order valence-corrected chi connectivity index (χ3v) is 4.10. The Morgan fingerprint density at radius 3 is 2.78 bits per heavy atom. The summed E-state index contributed by atoms with van der Waals surface area (Å²) in [7, 11) is 0. The van der Waals surface area contributed by atoms with E-state index in [0.717, 1.165) is 30.0 Å². The van der Waals surface area contributed by atoms with Gasteiger partial charge in [0.15, 0.2) is 5.82 Å². The van der Waals surface area contributed by atoms with Gasteiger partial charge in [0, 0.05) is 25.2 Å². The van der Waals surface area contributed by atoms with Crippen molar-refractivity contribution in [3.63, 3.8) is 0 Å². The minimum absolute atomic E-state index is 0.487. The van der Waals surface area contributed by atoms with Crippen LogP contribution in [0.5, 0.6) is 0 Å². The van der Waals surface area contributed by atoms with Crippen LogP contribution in [0.2, 0.25) is 0 Å². The highest BCUT2D eigenvalue weighted by Crippen LogP contribution is 2.39. The van der Waals surface area contributed by atoms with E-state index in [9.17, 15) is 0 Å². The van der Waals surface area contributed by atoms with Gasteiger partial charge in [0.2, 0.25) is 0 Å². The molecule has 3 rings (SSSR count). The zero-order valence-corrected chi connectivity index (χ0v) is 11.3. The van der Waals surface area contributed by atoms with Crippen molar-refractivity contribution in [1.29, 1.82) is 0 Å². The second kappa shape index (κ2) is 4.84. The van der Waals surface area contributed by atoms with E-state index < -0.39 is 0 Å². The molecule has 1 saturated heterocycles. The molecule has 1 N–H and O–H groups in total. The monoisotopic (exact) mass is 246 g/mol. The molecule has 1 saturated carbocycles. The summed E-state index contributed by atoms with van der Waals surface area (Å²) in [5, 5.41) is 12.1. The summed E-state index contributed by atoms with van der Waals surface area (Å²) < 4.78 is 0. The normalized spacial score (nSPS) is 26.3. The number of aromatic nitrogens is 2. The van der Waals surface area contributed by atoms with Gasteiger partial charge in [-0.15, -0.1) is 5.10 Å². The Hall–Kier alpha value is -1.16. The van der Waals surface area contributed by atoms with Crippen LogP contribution >= 0.6 is 0 Å². The molecule has 0 radical (unpaired) electrons. The Balaban J connectivity index is 1.64. The number of anilines is 1. The molecule has 1 aromatic rings. The van der Waals surface area contributed by atoms with Crippen LogP contribution < -0.4 is 10.2 Å². The van der Waals surface area contributed by atoms with Gasteiger partial charge in [0.1, 0.15) is 0 Å². The fraction of sp³-hybridized carbons (Fsp3) is 0.714. The average Bonchev–Trinajstić information content (AvgIpc) is 2.99. The fourth-order valence-corrected chi connectivity index (χ4v) is 3.11. The van der Waals surface area contributed by atoms with Crippen molar-refractivity contribution in [3.05, 3.63) is 17.8 Å². The maximum absolute atomic E-state index is 4.39. The van der Waals surface area contributed by atoms with Gasteiger partial charge in [-0.3, -0.25) is 0 Å². The molecule has 0 aromatic carbocycles. The van der Waals surface area contributed by atoms with Crippen molar-refractivity contribution < 1.29 is 0 Å². The lowest BCUT2D eigenvalue weighted by Gasteiger charge is -2.27. The topological polar surface area (TPSA) is 41.0 Å². The molecule has 4 heteroatoms. The Morgan fingerprint density at radius 1 is 1.33 bits per heavy atom. The van der Waals surface area contributed by atoms with Crippen LogP contribution in [-0.4, -0.2) is 28.8 Å². The molecule has 2 aliphatic rings. The standard InChI is InChI=1S/C14H22N4/c1-10(2)15-8-12-4-6-14(17-16-12)18-9-11-3-5-13(18)7-11/h4,6,10-11,13,15H,3,5,7-9H2,1-2H3. The van der Waals surface area contributed by atoms with Crippen LogP contribution in [0.25, 0.3) is 0 Å². The molecular weight excluding hydrogens is 224 g/mol. The molecule has 0 amide bonds. The number of nitrogens with one attached hydrogen (secondary N) is 1. The summed E-state index contributed by atoms with van der Waals surface area (Å²) in [5.41, 5.74) is 1.02. The molecule has 2 atom stereocenters. The van der Waals surface area contributed by atoms with E-state index in [4.69, 9.17) is 0 Å². The molecule has 2 bridgehead atoms. The van der Waals surface area contributed by atoms with Crippen molar-refractivity contribution in [2.45, 2.75) is 51.7 Å². The van der Waals surface area contributed by atoms with Crippen molar-refractivity contribution in [2.24, 2.45) is 5.92 Å². The molecule has 0 spiro atoms. The molecule has 98 valence electrons. The summed E-state index contributed by atoms with van der Waals surface area (Å²) >= 11 is 0. The molecule has 1 aromatic heterocycles. The number of nitrogens with zero attached hydrogens (tertiary/aromatic N) is 3. The molecule has 1 aliphatic carbocycles. The maximum Gasteiger partial charge on any atom is 0.151 e. The van der Waals surface area contributed by atoms with Gasteiger partial charge in [0.05, 0.1) is 5.69 Å². The molecule has 4 nitrogen and oxygen atoms in total. The molecule has 1 aliphatic heterocycles. The first kappa shape index (κ1) is 11.9. The average molecular weight is 246 g/mol. The van der Waals surface area contributed by atoms with Crippen LogP contribution in [0, 0.1) is 5.92 Å². The van der Waals surface area contributed by atoms with Gasteiger partial charge in [-0.05, 0) is 37.3 Å². The lowest BCUT2D eigenvalue weighted by atomic mass is 10.1. The smallest absolute Gasteiger partial charge is 0.151 e. The highest BCUT2D eigenvalue weighted by atomic mass is 15.3. The Morgan fingerprint density at radius 2 is 2.22 bits per heavy atom. The molecule has 18 heavy (non-hydrogen) atoms. The van der Waals surface area contributed by atoms with E-state index in [1.807, 2.05) is 0 Å². The lowest BCUT2D eigenvalue weighted by Crippen LogP contribution is -2.32. The van der Waals surface area contributed by atoms with Gasteiger partial charge in [-0.2, -0.15) is 5.10 Å². The Kier molecular flexibility index (Phi) is 3.20. The number of hydrogen-bond acceptors (Lipinski definition) is 4. The first-order valence-corrected chi connectivity index (χ1v) is 7.05. The zero-order chi connectivity index (χ0) is 12.5. The Labute approximate surface area is 109 Å². The lowest BCUT2D eigenvalue weighted by molar-refractivity contribution is 0.546. The third-order valence-electron chi connectivity index (χ3n) is 4.10. The van der Waals surface area contributed by atoms with Crippen LogP contribution in [-0.2, 0) is 6.54 Å². The summed E-state index contributed by atoms with van der Waals surface area (Å²) in [5.74, 6) is 1.97. The van der Waals surface area contributed by atoms with Crippen LogP contribution in [0.3, 0.4) is 0 Å². The first-order chi connectivity index (χ1) is 8.72. The summed E-state index contributed by atoms with van der Waals surface area (Å²) in [4.78, 5) is 2.45. The van der Waals surface area contributed by atoms with E-state index in [0.29, 0.717) is 6.04 Å². The minimum Gasteiger partial charge on any atom is -0.352 e. The predicted molar refractivity (Wildman–Crippen MR) is 72.5 cm³/mol. The summed E-state index contributed by atoms with van der Waals surface area (Å²) in [6.07, 6.45) is 4.10. The number of hydrogen-bond donors (Lipinski definition) is 1. The SMILES string of the molecule is CC(C)NCc1ccc(N2CC3CCC2C3)nn1. The van der Waals surface area contributed by atoms with Crippen molar-refractivity contribution >= 4 is 5.82 Å². The predicted octanol–water partition coefficient (Wildman–Crippen LogP) is 1.96. The Bertz CT molecular complexity index is 401. The highest BCUT2D eigenvalue weighted by molar-refractivity contribution is 5.41. The van der Waals surface area contributed by atoms with Crippen LogP contribution in [0.4, 0.5) is 5.82 Å². The number of fused-ring (bicyclic) bond motifs is 2. The largest absolute Gasteiger partial charge is 0.352 e. The van der Waals surface area contributed by atoms with E-state index >= 15 is 0 Å². The van der Waals surface area contributed by atoms with Crippen molar-refractivity contribution in [2.75, 3.05) is 11.4 Å². The maximum atomic E-state index is 4.39. The summed E-state index contributed by atoms with van der Waals surface area (Å²) in [6, 6.07) is 5.44. The van der Waals surface area contributed by atoms with E-state index in [1.165, 1.54) is 25.8 Å². The minimum atomic E-state index is 0.487.